The zero-order valence-corrected chi connectivity index (χ0v) is 10.9. The van der Waals surface area contributed by atoms with Crippen LogP contribution in [0.5, 0.6) is 0 Å². The van der Waals surface area contributed by atoms with Crippen molar-refractivity contribution in [1.82, 2.24) is 10.2 Å². The van der Waals surface area contributed by atoms with Gasteiger partial charge in [0.15, 0.2) is 0 Å². The molecule has 0 radical (unpaired) electrons. The van der Waals surface area contributed by atoms with Crippen LogP contribution in [-0.2, 0) is 6.54 Å². The fraction of sp³-hybridized carbons (Fsp3) is 0.500. The van der Waals surface area contributed by atoms with Gasteiger partial charge in [-0.2, -0.15) is 0 Å². The van der Waals surface area contributed by atoms with Crippen molar-refractivity contribution in [2.75, 3.05) is 20.1 Å². The molecule has 2 rings (SSSR count). The third-order valence-corrected chi connectivity index (χ3v) is 3.83. The molecule has 1 unspecified atom stereocenters. The van der Waals surface area contributed by atoms with Crippen LogP contribution in [0, 0.1) is 5.82 Å². The monoisotopic (exact) mass is 286 g/mol. The van der Waals surface area contributed by atoms with Gasteiger partial charge in [-0.05, 0) is 37.7 Å². The molecule has 1 atom stereocenters. The third-order valence-electron chi connectivity index (χ3n) is 3.09. The van der Waals surface area contributed by atoms with Crippen molar-refractivity contribution in [3.8, 4) is 0 Å². The van der Waals surface area contributed by atoms with E-state index >= 15 is 0 Å². The molecule has 16 heavy (non-hydrogen) atoms. The summed E-state index contributed by atoms with van der Waals surface area (Å²) < 4.78 is 13.8. The van der Waals surface area contributed by atoms with E-state index < -0.39 is 0 Å². The molecule has 1 heterocycles. The Bertz CT molecular complexity index is 364. The molecular formula is C12H16BrFN2. The fourth-order valence-corrected chi connectivity index (χ4v) is 2.54. The predicted octanol–water partition coefficient (Wildman–Crippen LogP) is 2.38. The van der Waals surface area contributed by atoms with Gasteiger partial charge in [-0.15, -0.1) is 0 Å². The number of nitrogens with one attached hydrogen (secondary N) is 1. The summed E-state index contributed by atoms with van der Waals surface area (Å²) in [7, 11) is 2.12. The largest absolute Gasteiger partial charge is 0.315 e. The Morgan fingerprint density at radius 3 is 3.00 bits per heavy atom. The van der Waals surface area contributed by atoms with E-state index in [1.165, 1.54) is 18.6 Å². The first kappa shape index (κ1) is 12.0. The van der Waals surface area contributed by atoms with Gasteiger partial charge < -0.3 is 5.32 Å². The quantitative estimate of drug-likeness (QED) is 0.918. The van der Waals surface area contributed by atoms with Gasteiger partial charge in [0.25, 0.3) is 0 Å². The number of rotatable bonds is 3. The maximum Gasteiger partial charge on any atom is 0.124 e. The molecule has 1 saturated heterocycles. The second-order valence-electron chi connectivity index (χ2n) is 4.30. The molecule has 2 nitrogen and oxygen atoms in total. The Hall–Kier alpha value is -0.450. The van der Waals surface area contributed by atoms with E-state index in [1.54, 1.807) is 0 Å². The van der Waals surface area contributed by atoms with E-state index in [1.807, 2.05) is 6.07 Å². The molecule has 0 saturated carbocycles. The molecule has 1 aliphatic heterocycles. The highest BCUT2D eigenvalue weighted by atomic mass is 79.9. The molecule has 0 aromatic heterocycles. The van der Waals surface area contributed by atoms with Crippen molar-refractivity contribution < 1.29 is 4.39 Å². The first-order valence-corrected chi connectivity index (χ1v) is 6.31. The van der Waals surface area contributed by atoms with Crippen molar-refractivity contribution in [1.29, 1.82) is 0 Å². The minimum Gasteiger partial charge on any atom is -0.315 e. The molecule has 1 aliphatic rings. The molecule has 0 aliphatic carbocycles. The molecule has 0 spiro atoms. The molecular weight excluding hydrogens is 271 g/mol. The van der Waals surface area contributed by atoms with Crippen LogP contribution in [0.3, 0.4) is 0 Å². The highest BCUT2D eigenvalue weighted by molar-refractivity contribution is 9.10. The number of hydrogen-bond acceptors (Lipinski definition) is 2. The van der Waals surface area contributed by atoms with Gasteiger partial charge in [0, 0.05) is 23.6 Å². The van der Waals surface area contributed by atoms with Gasteiger partial charge in [0.2, 0.25) is 0 Å². The van der Waals surface area contributed by atoms with Crippen molar-refractivity contribution in [3.05, 3.63) is 34.1 Å². The van der Waals surface area contributed by atoms with Crippen LogP contribution in [0.25, 0.3) is 0 Å². The average Bonchev–Trinajstić information content (AvgIpc) is 2.75. The SMILES string of the molecule is CN(Cc1ccc(F)cc1Br)C1CCNC1. The molecule has 0 amide bonds. The van der Waals surface area contributed by atoms with Crippen molar-refractivity contribution in [3.63, 3.8) is 0 Å². The Kier molecular flexibility index (Phi) is 3.95. The Balaban J connectivity index is 2.02. The molecule has 4 heteroatoms. The summed E-state index contributed by atoms with van der Waals surface area (Å²) in [5, 5.41) is 3.35. The van der Waals surface area contributed by atoms with Crippen LogP contribution in [0.1, 0.15) is 12.0 Å². The molecule has 1 N–H and O–H groups in total. The van der Waals surface area contributed by atoms with Crippen LogP contribution in [0.2, 0.25) is 0 Å². The molecule has 1 aromatic carbocycles. The van der Waals surface area contributed by atoms with Gasteiger partial charge in [-0.25, -0.2) is 4.39 Å². The summed E-state index contributed by atoms with van der Waals surface area (Å²) in [4.78, 5) is 2.32. The lowest BCUT2D eigenvalue weighted by molar-refractivity contribution is 0.248. The Morgan fingerprint density at radius 1 is 1.56 bits per heavy atom. The van der Waals surface area contributed by atoms with Crippen LogP contribution < -0.4 is 5.32 Å². The zero-order valence-electron chi connectivity index (χ0n) is 9.34. The van der Waals surface area contributed by atoms with Crippen LogP contribution in [0.4, 0.5) is 4.39 Å². The second kappa shape index (κ2) is 5.25. The summed E-state index contributed by atoms with van der Waals surface area (Å²) in [5.74, 6) is -0.194. The smallest absolute Gasteiger partial charge is 0.124 e. The van der Waals surface area contributed by atoms with E-state index in [2.05, 4.69) is 33.2 Å². The number of nitrogens with zero attached hydrogens (tertiary/aromatic N) is 1. The topological polar surface area (TPSA) is 15.3 Å². The average molecular weight is 287 g/mol. The third kappa shape index (κ3) is 2.81. The van der Waals surface area contributed by atoms with Crippen molar-refractivity contribution >= 4 is 15.9 Å². The van der Waals surface area contributed by atoms with Gasteiger partial charge in [-0.1, -0.05) is 22.0 Å². The van der Waals surface area contributed by atoms with E-state index in [0.29, 0.717) is 6.04 Å². The molecule has 1 aromatic rings. The second-order valence-corrected chi connectivity index (χ2v) is 5.15. The highest BCUT2D eigenvalue weighted by Gasteiger charge is 2.19. The summed E-state index contributed by atoms with van der Waals surface area (Å²) >= 11 is 3.40. The number of hydrogen-bond donors (Lipinski definition) is 1. The maximum atomic E-state index is 12.9. The number of halogens is 2. The van der Waals surface area contributed by atoms with Gasteiger partial charge in [0.05, 0.1) is 0 Å². The molecule has 0 bridgehead atoms. The van der Waals surface area contributed by atoms with E-state index in [9.17, 15) is 4.39 Å². The van der Waals surface area contributed by atoms with E-state index in [0.717, 1.165) is 29.7 Å². The summed E-state index contributed by atoms with van der Waals surface area (Å²) in [5.41, 5.74) is 1.14. The van der Waals surface area contributed by atoms with Gasteiger partial charge in [0.1, 0.15) is 5.82 Å². The molecule has 88 valence electrons. The molecule has 1 fully saturated rings. The highest BCUT2D eigenvalue weighted by Crippen LogP contribution is 2.20. The summed E-state index contributed by atoms with van der Waals surface area (Å²) in [6, 6.07) is 5.48. The van der Waals surface area contributed by atoms with E-state index in [-0.39, 0.29) is 5.82 Å². The van der Waals surface area contributed by atoms with Gasteiger partial charge in [-0.3, -0.25) is 4.90 Å². The lowest BCUT2D eigenvalue weighted by Gasteiger charge is -2.23. The Labute approximate surface area is 104 Å². The predicted molar refractivity (Wildman–Crippen MR) is 66.8 cm³/mol. The number of likely N-dealkylation sites (N-methyl/N-ethyl adjacent to an activating group) is 1. The van der Waals surface area contributed by atoms with Gasteiger partial charge >= 0.3 is 0 Å². The summed E-state index contributed by atoms with van der Waals surface area (Å²) in [6.07, 6.45) is 1.19. The minimum absolute atomic E-state index is 0.194. The van der Waals surface area contributed by atoms with Crippen LogP contribution in [-0.4, -0.2) is 31.1 Å². The Morgan fingerprint density at radius 2 is 2.38 bits per heavy atom. The van der Waals surface area contributed by atoms with Crippen LogP contribution >= 0.6 is 15.9 Å². The zero-order chi connectivity index (χ0) is 11.5. The standard InChI is InChI=1S/C12H16BrFN2/c1-16(11-4-5-15-7-11)8-9-2-3-10(14)6-12(9)13/h2-3,6,11,15H,4-5,7-8H2,1H3. The number of benzene rings is 1. The fourth-order valence-electron chi connectivity index (χ4n) is 2.06. The lowest BCUT2D eigenvalue weighted by atomic mass is 10.1. The maximum absolute atomic E-state index is 12.9. The van der Waals surface area contributed by atoms with Crippen molar-refractivity contribution in [2.24, 2.45) is 0 Å². The first-order valence-electron chi connectivity index (χ1n) is 5.51. The minimum atomic E-state index is -0.194. The first-order chi connectivity index (χ1) is 7.66. The van der Waals surface area contributed by atoms with Crippen LogP contribution in [0.15, 0.2) is 22.7 Å². The van der Waals surface area contributed by atoms with Crippen molar-refractivity contribution in [2.45, 2.75) is 19.0 Å². The van der Waals surface area contributed by atoms with E-state index in [4.69, 9.17) is 0 Å². The normalized spacial score (nSPS) is 20.6. The lowest BCUT2D eigenvalue weighted by Crippen LogP contribution is -2.32. The summed E-state index contributed by atoms with van der Waals surface area (Å²) in [6.45, 7) is 3.00.